The Morgan fingerprint density at radius 2 is 1.79 bits per heavy atom. The van der Waals surface area contributed by atoms with Crippen LogP contribution in [0.2, 0.25) is 0 Å². The minimum atomic E-state index is -0.561. The molecule has 2 aromatic carbocycles. The van der Waals surface area contributed by atoms with Gasteiger partial charge < -0.3 is 9.88 Å². The predicted molar refractivity (Wildman–Crippen MR) is 123 cm³/mol. The molecule has 0 saturated carbocycles. The van der Waals surface area contributed by atoms with Crippen molar-refractivity contribution in [1.82, 2.24) is 30.0 Å². The summed E-state index contributed by atoms with van der Waals surface area (Å²) >= 11 is 0. The molecule has 1 fully saturated rings. The maximum absolute atomic E-state index is 13.6. The summed E-state index contributed by atoms with van der Waals surface area (Å²) in [5.74, 6) is -0.354. The Hall–Kier alpha value is -3.10. The van der Waals surface area contributed by atoms with E-state index in [9.17, 15) is 8.78 Å². The smallest absolute Gasteiger partial charge is 0.159 e. The molecule has 4 aromatic rings. The van der Waals surface area contributed by atoms with E-state index in [1.54, 1.807) is 0 Å². The van der Waals surface area contributed by atoms with Crippen molar-refractivity contribution in [2.75, 3.05) is 20.1 Å². The summed E-state index contributed by atoms with van der Waals surface area (Å²) in [7, 11) is 2.19. The predicted octanol–water partition coefficient (Wildman–Crippen LogP) is 4.23. The molecule has 4 heterocycles. The number of nitrogens with zero attached hydrogens (tertiary/aromatic N) is 4. The lowest BCUT2D eigenvalue weighted by molar-refractivity contribution is 0.118. The molecule has 0 unspecified atom stereocenters. The summed E-state index contributed by atoms with van der Waals surface area (Å²) in [6.07, 6.45) is 2.85. The Morgan fingerprint density at radius 3 is 2.55 bits per heavy atom. The first kappa shape index (κ1) is 20.5. The average Bonchev–Trinajstić information content (AvgIpc) is 3.46. The van der Waals surface area contributed by atoms with Crippen molar-refractivity contribution < 1.29 is 8.78 Å². The van der Waals surface area contributed by atoms with Gasteiger partial charge in [-0.1, -0.05) is 6.07 Å². The fourth-order valence-corrected chi connectivity index (χ4v) is 5.19. The van der Waals surface area contributed by atoms with Gasteiger partial charge in [-0.05, 0) is 74.8 Å². The fourth-order valence-electron chi connectivity index (χ4n) is 5.19. The highest BCUT2D eigenvalue weighted by molar-refractivity contribution is 5.91. The number of hydrogen-bond acceptors (Lipinski definition) is 4. The topological polar surface area (TPSA) is 63.8 Å². The van der Waals surface area contributed by atoms with Crippen LogP contribution in [0.1, 0.15) is 35.4 Å². The summed E-state index contributed by atoms with van der Waals surface area (Å²) in [4.78, 5) is 13.3. The van der Waals surface area contributed by atoms with Gasteiger partial charge >= 0.3 is 0 Å². The number of rotatable bonds is 4. The van der Waals surface area contributed by atoms with Gasteiger partial charge in [0, 0.05) is 30.6 Å². The molecular weight excluding hydrogens is 422 g/mol. The van der Waals surface area contributed by atoms with Gasteiger partial charge in [-0.25, -0.2) is 13.8 Å². The SMILES string of the molecule is CN1CCC(N2Cc3nc(-c4n[nH]c5ccc(Cc6cc(F)cc(F)c6)cc45)[nH]c3C2)CC1. The number of piperidine rings is 1. The van der Waals surface area contributed by atoms with Gasteiger partial charge in [0.05, 0.1) is 16.9 Å². The van der Waals surface area contributed by atoms with E-state index in [0.29, 0.717) is 18.0 Å². The van der Waals surface area contributed by atoms with Crippen LogP contribution in [-0.4, -0.2) is 56.1 Å². The number of hydrogen-bond donors (Lipinski definition) is 2. The van der Waals surface area contributed by atoms with E-state index in [1.807, 2.05) is 18.2 Å². The van der Waals surface area contributed by atoms with E-state index < -0.39 is 11.6 Å². The number of benzene rings is 2. The molecule has 1 saturated heterocycles. The number of H-pyrrole nitrogens is 2. The lowest BCUT2D eigenvalue weighted by Gasteiger charge is -2.34. The molecule has 0 bridgehead atoms. The van der Waals surface area contributed by atoms with Crippen LogP contribution in [0.15, 0.2) is 36.4 Å². The third-order valence-electron chi connectivity index (χ3n) is 6.97. The van der Waals surface area contributed by atoms with Crippen molar-refractivity contribution in [3.63, 3.8) is 0 Å². The van der Waals surface area contributed by atoms with Crippen LogP contribution in [0.3, 0.4) is 0 Å². The number of imidazole rings is 1. The van der Waals surface area contributed by atoms with Crippen LogP contribution < -0.4 is 0 Å². The molecule has 2 aromatic heterocycles. The summed E-state index contributed by atoms with van der Waals surface area (Å²) in [5.41, 5.74) is 5.52. The molecule has 33 heavy (non-hydrogen) atoms. The highest BCUT2D eigenvalue weighted by Crippen LogP contribution is 2.31. The summed E-state index contributed by atoms with van der Waals surface area (Å²) in [6, 6.07) is 10.2. The Labute approximate surface area is 190 Å². The van der Waals surface area contributed by atoms with Gasteiger partial charge in [0.25, 0.3) is 0 Å². The first-order valence-electron chi connectivity index (χ1n) is 11.4. The van der Waals surface area contributed by atoms with Crippen LogP contribution in [0.25, 0.3) is 22.4 Å². The zero-order valence-corrected chi connectivity index (χ0v) is 18.5. The van der Waals surface area contributed by atoms with E-state index in [1.165, 1.54) is 30.7 Å². The second-order valence-corrected chi connectivity index (χ2v) is 9.36. The monoisotopic (exact) mass is 448 g/mol. The highest BCUT2D eigenvalue weighted by Gasteiger charge is 2.31. The molecule has 6 nitrogen and oxygen atoms in total. The standard InChI is InChI=1S/C25H26F2N6/c1-32-6-4-19(5-7-32)33-13-22-23(14-33)29-25(28-22)24-20-11-15(2-3-21(20)30-31-24)8-16-9-17(26)12-18(27)10-16/h2-3,9-12,19H,4-8,13-14H2,1H3,(H,28,29)(H,30,31). The van der Waals surface area contributed by atoms with Crippen LogP contribution in [-0.2, 0) is 19.5 Å². The molecule has 0 spiro atoms. The molecule has 2 aliphatic rings. The van der Waals surface area contributed by atoms with E-state index in [-0.39, 0.29) is 0 Å². The maximum Gasteiger partial charge on any atom is 0.159 e. The number of aromatic amines is 2. The van der Waals surface area contributed by atoms with Crippen LogP contribution in [0, 0.1) is 11.6 Å². The zero-order chi connectivity index (χ0) is 22.5. The van der Waals surface area contributed by atoms with Gasteiger partial charge in [0.2, 0.25) is 0 Å². The lowest BCUT2D eigenvalue weighted by Crippen LogP contribution is -2.41. The second kappa shape index (κ2) is 8.04. The Bertz CT molecular complexity index is 1270. The highest BCUT2D eigenvalue weighted by atomic mass is 19.1. The molecule has 8 heteroatoms. The molecule has 6 rings (SSSR count). The molecular formula is C25H26F2N6. The van der Waals surface area contributed by atoms with E-state index in [2.05, 4.69) is 32.0 Å². The van der Waals surface area contributed by atoms with Crippen molar-refractivity contribution in [3.05, 3.63) is 70.5 Å². The van der Waals surface area contributed by atoms with Crippen LogP contribution >= 0.6 is 0 Å². The van der Waals surface area contributed by atoms with E-state index in [4.69, 9.17) is 4.98 Å². The number of likely N-dealkylation sites (tertiary alicyclic amines) is 1. The fraction of sp³-hybridized carbons (Fsp3) is 0.360. The Balaban J connectivity index is 1.24. The van der Waals surface area contributed by atoms with Crippen molar-refractivity contribution in [2.45, 2.75) is 38.4 Å². The van der Waals surface area contributed by atoms with Gasteiger partial charge in [-0.3, -0.25) is 10.00 Å². The lowest BCUT2D eigenvalue weighted by atomic mass is 10.0. The zero-order valence-electron chi connectivity index (χ0n) is 18.5. The summed E-state index contributed by atoms with van der Waals surface area (Å²) in [6.45, 7) is 4.07. The van der Waals surface area contributed by atoms with Crippen molar-refractivity contribution >= 4 is 10.9 Å². The van der Waals surface area contributed by atoms with Gasteiger partial charge in [-0.15, -0.1) is 0 Å². The molecule has 2 N–H and O–H groups in total. The van der Waals surface area contributed by atoms with Crippen molar-refractivity contribution in [3.8, 4) is 11.5 Å². The van der Waals surface area contributed by atoms with E-state index in [0.717, 1.165) is 65.9 Å². The third-order valence-corrected chi connectivity index (χ3v) is 6.97. The third kappa shape index (κ3) is 3.94. The molecule has 0 radical (unpaired) electrons. The molecule has 0 amide bonds. The second-order valence-electron chi connectivity index (χ2n) is 9.36. The van der Waals surface area contributed by atoms with Gasteiger partial charge in [0.1, 0.15) is 17.3 Å². The maximum atomic E-state index is 13.6. The molecule has 2 aliphatic heterocycles. The van der Waals surface area contributed by atoms with Crippen LogP contribution in [0.5, 0.6) is 0 Å². The largest absolute Gasteiger partial charge is 0.339 e. The van der Waals surface area contributed by atoms with Crippen molar-refractivity contribution in [1.29, 1.82) is 0 Å². The normalized spacial score (nSPS) is 17.8. The first-order chi connectivity index (χ1) is 16.0. The Kier molecular flexibility index (Phi) is 4.99. The summed E-state index contributed by atoms with van der Waals surface area (Å²) < 4.78 is 27.2. The van der Waals surface area contributed by atoms with E-state index >= 15 is 0 Å². The van der Waals surface area contributed by atoms with Gasteiger partial charge in [-0.2, -0.15) is 5.10 Å². The van der Waals surface area contributed by atoms with Gasteiger partial charge in [0.15, 0.2) is 5.82 Å². The molecule has 0 aliphatic carbocycles. The minimum absolute atomic E-state index is 0.440. The number of fused-ring (bicyclic) bond motifs is 2. The molecule has 0 atom stereocenters. The quantitative estimate of drug-likeness (QED) is 0.490. The first-order valence-corrected chi connectivity index (χ1v) is 11.4. The number of nitrogens with one attached hydrogen (secondary N) is 2. The average molecular weight is 449 g/mol. The van der Waals surface area contributed by atoms with Crippen LogP contribution in [0.4, 0.5) is 8.78 Å². The molecule has 170 valence electrons. The Morgan fingerprint density at radius 1 is 1.00 bits per heavy atom. The number of halogens is 2. The minimum Gasteiger partial charge on any atom is -0.339 e. The summed E-state index contributed by atoms with van der Waals surface area (Å²) in [5, 5.41) is 8.54. The number of aromatic nitrogens is 4. The van der Waals surface area contributed by atoms with Crippen molar-refractivity contribution in [2.24, 2.45) is 0 Å².